The number of amides is 2. The van der Waals surface area contributed by atoms with Gasteiger partial charge in [0.05, 0.1) is 5.92 Å². The number of hydrazine groups is 1. The fourth-order valence-corrected chi connectivity index (χ4v) is 4.38. The van der Waals surface area contributed by atoms with E-state index < -0.39 is 6.36 Å². The Balaban J connectivity index is 1.55. The second kappa shape index (κ2) is 9.79. The molecule has 2 unspecified atom stereocenters. The van der Waals surface area contributed by atoms with Gasteiger partial charge in [-0.25, -0.2) is 9.80 Å². The lowest BCUT2D eigenvalue weighted by Gasteiger charge is -2.41. The number of hydrogen-bond donors (Lipinski definition) is 1. The maximum absolute atomic E-state index is 13.3. The zero-order valence-corrected chi connectivity index (χ0v) is 19.2. The molecule has 0 radical (unpaired) electrons. The minimum absolute atomic E-state index is 0.0941. The van der Waals surface area contributed by atoms with Crippen molar-refractivity contribution in [2.45, 2.75) is 44.4 Å². The molecule has 1 aromatic carbocycles. The van der Waals surface area contributed by atoms with Crippen molar-refractivity contribution in [2.75, 3.05) is 39.3 Å². The summed E-state index contributed by atoms with van der Waals surface area (Å²) in [5.41, 5.74) is 0.812. The first-order valence-electron chi connectivity index (χ1n) is 11.3. The summed E-state index contributed by atoms with van der Waals surface area (Å²) in [5, 5.41) is 5.74. The van der Waals surface area contributed by atoms with Gasteiger partial charge in [0.25, 0.3) is 0 Å². The number of piperidine rings is 1. The number of piperazine rings is 1. The third kappa shape index (κ3) is 5.79. The second-order valence-electron chi connectivity index (χ2n) is 9.10. The zero-order chi connectivity index (χ0) is 24.5. The summed E-state index contributed by atoms with van der Waals surface area (Å²) in [5.74, 6) is 6.40. The molecule has 0 spiro atoms. The average Bonchev–Trinajstić information content (AvgIpc) is 3.29. The number of aromatic nitrogens is 2. The van der Waals surface area contributed by atoms with E-state index in [0.717, 1.165) is 5.56 Å². The van der Waals surface area contributed by atoms with E-state index in [1.165, 1.54) is 12.1 Å². The van der Waals surface area contributed by atoms with Crippen molar-refractivity contribution in [3.8, 4) is 5.75 Å². The molecule has 2 aromatic rings. The predicted octanol–water partition coefficient (Wildman–Crippen LogP) is 3.28. The number of benzene rings is 1. The maximum atomic E-state index is 13.3. The SMILES string of the molecule is CC(C)c1noc(C2CC(c3ccc(OC(F)(F)F)cc3)CN(C(=O)N3CCN(N)CC3)C2)n1. The van der Waals surface area contributed by atoms with E-state index >= 15 is 0 Å². The Kier molecular flexibility index (Phi) is 6.99. The van der Waals surface area contributed by atoms with Crippen LogP contribution in [0.15, 0.2) is 28.8 Å². The van der Waals surface area contributed by atoms with Crippen LogP contribution in [0.3, 0.4) is 0 Å². The quantitative estimate of drug-likeness (QED) is 0.668. The molecule has 2 saturated heterocycles. The molecule has 2 atom stereocenters. The van der Waals surface area contributed by atoms with E-state index in [-0.39, 0.29) is 29.5 Å². The molecule has 2 fully saturated rings. The number of rotatable bonds is 4. The zero-order valence-electron chi connectivity index (χ0n) is 19.2. The number of ether oxygens (including phenoxy) is 1. The number of halogens is 3. The van der Waals surface area contributed by atoms with Gasteiger partial charge in [-0.2, -0.15) is 4.98 Å². The molecule has 2 amide bonds. The molecule has 186 valence electrons. The van der Waals surface area contributed by atoms with Gasteiger partial charge in [0.2, 0.25) is 5.89 Å². The highest BCUT2D eigenvalue weighted by Gasteiger charge is 2.37. The van der Waals surface area contributed by atoms with Gasteiger partial charge in [-0.05, 0) is 24.1 Å². The molecule has 34 heavy (non-hydrogen) atoms. The van der Waals surface area contributed by atoms with Crippen LogP contribution in [0.2, 0.25) is 0 Å². The fourth-order valence-electron chi connectivity index (χ4n) is 4.38. The molecule has 0 aliphatic carbocycles. The van der Waals surface area contributed by atoms with E-state index in [0.29, 0.717) is 57.4 Å². The van der Waals surface area contributed by atoms with E-state index in [1.807, 2.05) is 13.8 Å². The van der Waals surface area contributed by atoms with E-state index in [4.69, 9.17) is 10.4 Å². The van der Waals surface area contributed by atoms with Gasteiger partial charge in [0.15, 0.2) is 5.82 Å². The lowest BCUT2D eigenvalue weighted by Crippen LogP contribution is -2.56. The average molecular weight is 483 g/mol. The first-order valence-corrected chi connectivity index (χ1v) is 11.3. The smallest absolute Gasteiger partial charge is 0.406 e. The number of nitrogens with zero attached hydrogens (tertiary/aromatic N) is 5. The Morgan fingerprint density at radius 2 is 1.74 bits per heavy atom. The van der Waals surface area contributed by atoms with Gasteiger partial charge in [0, 0.05) is 51.1 Å². The molecule has 2 aliphatic heterocycles. The van der Waals surface area contributed by atoms with Crippen LogP contribution < -0.4 is 10.6 Å². The van der Waals surface area contributed by atoms with Crippen LogP contribution in [0.4, 0.5) is 18.0 Å². The predicted molar refractivity (Wildman–Crippen MR) is 116 cm³/mol. The van der Waals surface area contributed by atoms with E-state index in [1.54, 1.807) is 26.9 Å². The van der Waals surface area contributed by atoms with Crippen molar-refractivity contribution in [3.63, 3.8) is 0 Å². The summed E-state index contributed by atoms with van der Waals surface area (Å²) in [4.78, 5) is 21.4. The third-order valence-electron chi connectivity index (χ3n) is 6.21. The van der Waals surface area contributed by atoms with Crippen LogP contribution >= 0.6 is 0 Å². The molecule has 2 N–H and O–H groups in total. The first-order chi connectivity index (χ1) is 16.1. The number of hydrogen-bond acceptors (Lipinski definition) is 7. The first kappa shape index (κ1) is 24.3. The highest BCUT2D eigenvalue weighted by atomic mass is 19.4. The highest BCUT2D eigenvalue weighted by Crippen LogP contribution is 2.37. The minimum atomic E-state index is -4.75. The molecule has 12 heteroatoms. The standard InChI is InChI=1S/C22H29F3N6O3/c1-14(2)19-27-20(34-28-19)17-11-16(15-3-5-18(6-4-15)33-22(23,24)25)12-30(13-17)21(32)29-7-9-31(26)10-8-29/h3-6,14,16-17H,7-13,26H2,1-2H3. The topological polar surface area (TPSA) is 101 Å². The lowest BCUT2D eigenvalue weighted by molar-refractivity contribution is -0.274. The van der Waals surface area contributed by atoms with Crippen LogP contribution in [0, 0.1) is 0 Å². The molecule has 0 saturated carbocycles. The summed E-state index contributed by atoms with van der Waals surface area (Å²) < 4.78 is 47.1. The van der Waals surface area contributed by atoms with Crippen molar-refractivity contribution in [1.29, 1.82) is 0 Å². The number of nitrogens with two attached hydrogens (primary N) is 1. The molecule has 0 bridgehead atoms. The van der Waals surface area contributed by atoms with Crippen molar-refractivity contribution in [2.24, 2.45) is 5.84 Å². The molecule has 4 rings (SSSR count). The van der Waals surface area contributed by atoms with Gasteiger partial charge in [-0.1, -0.05) is 31.1 Å². The van der Waals surface area contributed by atoms with Gasteiger partial charge in [-0.15, -0.1) is 13.2 Å². The summed E-state index contributed by atoms with van der Waals surface area (Å²) in [6, 6.07) is 5.71. The van der Waals surface area contributed by atoms with Crippen LogP contribution in [0.1, 0.15) is 55.3 Å². The van der Waals surface area contributed by atoms with Crippen LogP contribution in [0.25, 0.3) is 0 Å². The highest BCUT2D eigenvalue weighted by molar-refractivity contribution is 5.75. The fraction of sp³-hybridized carbons (Fsp3) is 0.591. The molecule has 3 heterocycles. The van der Waals surface area contributed by atoms with Crippen LogP contribution in [-0.4, -0.2) is 76.6 Å². The normalized spacial score (nSPS) is 22.3. The Bertz CT molecular complexity index is 973. The summed E-state index contributed by atoms with van der Waals surface area (Å²) in [6.07, 6.45) is -4.13. The Labute approximate surface area is 195 Å². The number of carbonyl (C=O) groups excluding carboxylic acids is 1. The van der Waals surface area contributed by atoms with Crippen molar-refractivity contribution in [1.82, 2.24) is 24.9 Å². The Morgan fingerprint density at radius 3 is 2.32 bits per heavy atom. The number of likely N-dealkylation sites (tertiary alicyclic amines) is 1. The van der Waals surface area contributed by atoms with Crippen molar-refractivity contribution < 1.29 is 27.2 Å². The second-order valence-corrected chi connectivity index (χ2v) is 9.10. The lowest BCUT2D eigenvalue weighted by atomic mass is 9.84. The number of urea groups is 1. The molecule has 1 aromatic heterocycles. The van der Waals surface area contributed by atoms with Gasteiger partial charge in [-0.3, -0.25) is 5.84 Å². The monoisotopic (exact) mass is 482 g/mol. The van der Waals surface area contributed by atoms with Crippen LogP contribution in [0.5, 0.6) is 5.75 Å². The molecular weight excluding hydrogens is 453 g/mol. The summed E-state index contributed by atoms with van der Waals surface area (Å²) >= 11 is 0. The molecule has 9 nitrogen and oxygen atoms in total. The van der Waals surface area contributed by atoms with Crippen LogP contribution in [-0.2, 0) is 0 Å². The van der Waals surface area contributed by atoms with E-state index in [9.17, 15) is 18.0 Å². The summed E-state index contributed by atoms with van der Waals surface area (Å²) in [6.45, 7) is 7.04. The minimum Gasteiger partial charge on any atom is -0.406 e. The Morgan fingerprint density at radius 1 is 1.09 bits per heavy atom. The van der Waals surface area contributed by atoms with Gasteiger partial charge in [0.1, 0.15) is 5.75 Å². The van der Waals surface area contributed by atoms with Gasteiger partial charge < -0.3 is 19.1 Å². The maximum Gasteiger partial charge on any atom is 0.573 e. The molecule has 2 aliphatic rings. The van der Waals surface area contributed by atoms with E-state index in [2.05, 4.69) is 14.9 Å². The summed E-state index contributed by atoms with van der Waals surface area (Å²) in [7, 11) is 0. The Hall–Kier alpha value is -2.86. The van der Waals surface area contributed by atoms with Gasteiger partial charge >= 0.3 is 12.4 Å². The van der Waals surface area contributed by atoms with Crippen molar-refractivity contribution >= 4 is 6.03 Å². The number of alkyl halides is 3. The third-order valence-corrected chi connectivity index (χ3v) is 6.21. The van der Waals surface area contributed by atoms with Crippen molar-refractivity contribution in [3.05, 3.63) is 41.5 Å². The molecular formula is C22H29F3N6O3. The largest absolute Gasteiger partial charge is 0.573 e. The number of carbonyl (C=O) groups is 1.